The maximum absolute atomic E-state index is 9.23. The van der Waals surface area contributed by atoms with Gasteiger partial charge >= 0.3 is 0 Å². The monoisotopic (exact) mass is 341 g/mol. The second-order valence-corrected chi connectivity index (χ2v) is 5.35. The van der Waals surface area contributed by atoms with Crippen molar-refractivity contribution in [2.45, 2.75) is 19.3 Å². The van der Waals surface area contributed by atoms with E-state index in [0.717, 1.165) is 5.70 Å². The molecule has 0 atom stereocenters. The Hall–Kier alpha value is -2.10. The van der Waals surface area contributed by atoms with Crippen LogP contribution in [0.25, 0.3) is 4.85 Å². The van der Waals surface area contributed by atoms with Gasteiger partial charge in [0, 0.05) is 40.6 Å². The van der Waals surface area contributed by atoms with Crippen molar-refractivity contribution in [1.82, 2.24) is 0 Å². The smallest absolute Gasteiger partial charge is 0.290 e. The first-order valence-electron chi connectivity index (χ1n) is 6.64. The summed E-state index contributed by atoms with van der Waals surface area (Å²) >= 11 is 0. The van der Waals surface area contributed by atoms with Crippen molar-refractivity contribution < 1.29 is 21.9 Å². The van der Waals surface area contributed by atoms with Crippen molar-refractivity contribution in [3.05, 3.63) is 53.0 Å². The van der Waals surface area contributed by atoms with Crippen LogP contribution in [0.4, 0.5) is 5.69 Å². The molecule has 0 amide bonds. The van der Waals surface area contributed by atoms with Crippen molar-refractivity contribution in [3.8, 4) is 0 Å². The van der Waals surface area contributed by atoms with Gasteiger partial charge in [-0.1, -0.05) is 32.0 Å². The molecule has 117 valence electrons. The topological polar surface area (TPSA) is 52.6 Å². The predicted octanol–water partition coefficient (Wildman–Crippen LogP) is 3.16. The van der Waals surface area contributed by atoms with Crippen LogP contribution in [-0.4, -0.2) is 30.8 Å². The van der Waals surface area contributed by atoms with Crippen LogP contribution in [0.3, 0.4) is 0 Å². The number of benzene rings is 1. The molecule has 22 heavy (non-hydrogen) atoms. The summed E-state index contributed by atoms with van der Waals surface area (Å²) < 4.78 is 0. The van der Waals surface area contributed by atoms with Gasteiger partial charge in [-0.05, 0) is 17.7 Å². The number of para-hydroxylation sites is 1. The van der Waals surface area contributed by atoms with E-state index < -0.39 is 0 Å². The minimum Gasteiger partial charge on any atom is -0.490 e. The standard InChI is InChI=1S/C16H18N4O.Co/c1-16(2)12-7-5-6-8-13(12)20(4)14(16)9-10-18-19-15(21)11-17-3;/h5-10H,11H2,1-2,4H3,(H,19,21);/b14-9-,18-10+;. The van der Waals surface area contributed by atoms with E-state index in [0.29, 0.717) is 0 Å². The molecular weight excluding hydrogens is 323 g/mol. The molecule has 0 unspecified atom stereocenters. The van der Waals surface area contributed by atoms with E-state index in [1.165, 1.54) is 11.3 Å². The molecule has 0 aromatic heterocycles. The molecule has 0 saturated carbocycles. The summed E-state index contributed by atoms with van der Waals surface area (Å²) in [6.07, 6.45) is 3.42. The Balaban J connectivity index is 0.00000242. The van der Waals surface area contributed by atoms with Crippen LogP contribution in [0, 0.1) is 6.57 Å². The molecule has 0 aliphatic carbocycles. The van der Waals surface area contributed by atoms with Crippen LogP contribution in [0.5, 0.6) is 0 Å². The Morgan fingerprint density at radius 3 is 2.73 bits per heavy atom. The van der Waals surface area contributed by atoms with E-state index in [9.17, 15) is 5.11 Å². The van der Waals surface area contributed by atoms with Crippen LogP contribution < -0.4 is 4.90 Å². The second-order valence-electron chi connectivity index (χ2n) is 5.35. The zero-order valence-corrected chi connectivity index (χ0v) is 13.8. The van der Waals surface area contributed by atoms with Gasteiger partial charge in [0.2, 0.25) is 0 Å². The Morgan fingerprint density at radius 1 is 1.41 bits per heavy atom. The van der Waals surface area contributed by atoms with Gasteiger partial charge in [0.1, 0.15) is 0 Å². The molecule has 0 saturated heterocycles. The summed E-state index contributed by atoms with van der Waals surface area (Å²) in [5.74, 6) is -0.276. The molecule has 1 aliphatic rings. The van der Waals surface area contributed by atoms with Gasteiger partial charge < -0.3 is 14.9 Å². The molecule has 6 heteroatoms. The fraction of sp³-hybridized carbons (Fsp3) is 0.312. The fourth-order valence-corrected chi connectivity index (χ4v) is 2.61. The van der Waals surface area contributed by atoms with Gasteiger partial charge in [0.15, 0.2) is 0 Å². The number of aliphatic hydroxyl groups excluding tert-OH is 1. The first-order chi connectivity index (χ1) is 9.98. The number of hydrogen-bond donors (Lipinski definition) is 1. The maximum Gasteiger partial charge on any atom is 0.290 e. The number of fused-ring (bicyclic) bond motifs is 1. The third-order valence-electron chi connectivity index (χ3n) is 3.63. The zero-order valence-electron chi connectivity index (χ0n) is 12.7. The third kappa shape index (κ3) is 3.38. The number of hydrogen-bond acceptors (Lipinski definition) is 3. The largest absolute Gasteiger partial charge is 0.490 e. The molecule has 1 aliphatic heterocycles. The number of nitrogens with zero attached hydrogens (tertiary/aromatic N) is 4. The molecule has 1 heterocycles. The Morgan fingerprint density at radius 2 is 2.09 bits per heavy atom. The Kier molecular flexibility index (Phi) is 5.91. The number of likely N-dealkylation sites (N-methyl/N-ethyl adjacent to an activating group) is 1. The summed E-state index contributed by atoms with van der Waals surface area (Å²) in [6, 6.07) is 8.28. The van der Waals surface area contributed by atoms with Crippen LogP contribution in [-0.2, 0) is 22.2 Å². The van der Waals surface area contributed by atoms with Crippen LogP contribution in [0.1, 0.15) is 19.4 Å². The van der Waals surface area contributed by atoms with E-state index in [4.69, 9.17) is 6.57 Å². The summed E-state index contributed by atoms with van der Waals surface area (Å²) in [5.41, 5.74) is 3.44. The SMILES string of the molecule is [C-]#[N+]C/C(O)=N/N=C/C=C1\N(C)c2ccccc2C1(C)C.[Co]. The molecule has 5 nitrogen and oxygen atoms in total. The Bertz CT molecular complexity index is 671. The van der Waals surface area contributed by atoms with Gasteiger partial charge in [-0.3, -0.25) is 0 Å². The first-order valence-corrected chi connectivity index (χ1v) is 6.64. The molecule has 2 rings (SSSR count). The third-order valence-corrected chi connectivity index (χ3v) is 3.63. The minimum atomic E-state index is -0.276. The van der Waals surface area contributed by atoms with Crippen molar-refractivity contribution >= 4 is 17.8 Å². The van der Waals surface area contributed by atoms with Crippen LogP contribution in [0.2, 0.25) is 0 Å². The van der Waals surface area contributed by atoms with E-state index in [1.54, 1.807) is 6.21 Å². The molecule has 1 N–H and O–H groups in total. The van der Waals surface area contributed by atoms with Gasteiger partial charge in [-0.15, -0.1) is 5.10 Å². The van der Waals surface area contributed by atoms with Crippen LogP contribution >= 0.6 is 0 Å². The normalized spacial score (nSPS) is 18.2. The van der Waals surface area contributed by atoms with Crippen molar-refractivity contribution in [3.63, 3.8) is 0 Å². The van der Waals surface area contributed by atoms with E-state index in [-0.39, 0.29) is 34.6 Å². The zero-order chi connectivity index (χ0) is 15.5. The van der Waals surface area contributed by atoms with Gasteiger partial charge in [0.05, 0.1) is 6.21 Å². The quantitative estimate of drug-likeness (QED) is 0.397. The molecule has 0 fully saturated rings. The second kappa shape index (κ2) is 7.25. The van der Waals surface area contributed by atoms with E-state index >= 15 is 0 Å². The van der Waals surface area contributed by atoms with Crippen LogP contribution in [0.15, 0.2) is 46.2 Å². The van der Waals surface area contributed by atoms with E-state index in [2.05, 4.69) is 45.9 Å². The molecule has 1 aromatic carbocycles. The average molecular weight is 341 g/mol. The number of aliphatic hydroxyl groups is 1. The van der Waals surface area contributed by atoms with Crippen molar-refractivity contribution in [2.75, 3.05) is 18.5 Å². The van der Waals surface area contributed by atoms with E-state index in [1.807, 2.05) is 25.3 Å². The number of anilines is 1. The molecular formula is C16H18CoN4O. The number of allylic oxidation sites excluding steroid dienone is 2. The predicted molar refractivity (Wildman–Crippen MR) is 86.0 cm³/mol. The maximum atomic E-state index is 9.23. The average Bonchev–Trinajstić information content (AvgIpc) is 2.64. The summed E-state index contributed by atoms with van der Waals surface area (Å²) in [4.78, 5) is 5.15. The summed E-state index contributed by atoms with van der Waals surface area (Å²) in [5, 5.41) is 16.6. The van der Waals surface area contributed by atoms with Gasteiger partial charge in [0.25, 0.3) is 12.4 Å². The fourth-order valence-electron chi connectivity index (χ4n) is 2.61. The molecule has 0 spiro atoms. The van der Waals surface area contributed by atoms with Crippen molar-refractivity contribution in [1.29, 1.82) is 0 Å². The minimum absolute atomic E-state index is 0. The summed E-state index contributed by atoms with van der Waals surface area (Å²) in [7, 11) is 2.02. The molecule has 0 bridgehead atoms. The number of rotatable bonds is 3. The van der Waals surface area contributed by atoms with Gasteiger partial charge in [-0.2, -0.15) is 5.10 Å². The molecule has 1 aromatic rings. The molecule has 1 radical (unpaired) electrons. The van der Waals surface area contributed by atoms with Crippen molar-refractivity contribution in [2.24, 2.45) is 10.2 Å². The Labute approximate surface area is 141 Å². The van der Waals surface area contributed by atoms with Gasteiger partial charge in [-0.25, -0.2) is 6.57 Å². The summed E-state index contributed by atoms with van der Waals surface area (Å²) in [6.45, 7) is 10.8. The first kappa shape index (κ1) is 17.9.